The zero-order valence-electron chi connectivity index (χ0n) is 10.4. The number of anilines is 1. The highest BCUT2D eigenvalue weighted by Gasteiger charge is 2.18. The van der Waals surface area contributed by atoms with Crippen LogP contribution in [0.4, 0.5) is 5.69 Å². The fraction of sp³-hybridized carbons (Fsp3) is 0.333. The lowest BCUT2D eigenvalue weighted by Crippen LogP contribution is -2.94. The summed E-state index contributed by atoms with van der Waals surface area (Å²) in [7, 11) is 0. The molecule has 1 rings (SSSR count). The number of quaternary nitrogens is 1. The molecule has 4 N–H and O–H groups in total. The van der Waals surface area contributed by atoms with Gasteiger partial charge >= 0.3 is 0 Å². The largest absolute Gasteiger partial charge is 0.544 e. The van der Waals surface area contributed by atoms with Crippen molar-refractivity contribution in [1.82, 2.24) is 0 Å². The Bertz CT molecular complexity index is 496. The molecule has 0 aliphatic heterocycles. The molecule has 0 unspecified atom stereocenters. The Kier molecular flexibility index (Phi) is 6.74. The van der Waals surface area contributed by atoms with Crippen molar-refractivity contribution in [3.8, 4) is 0 Å². The molecule has 0 aliphatic rings. The molecule has 1 atom stereocenters. The van der Waals surface area contributed by atoms with Gasteiger partial charge in [0.2, 0.25) is 5.91 Å². The normalized spacial score (nSPS) is 11.9. The van der Waals surface area contributed by atoms with E-state index in [9.17, 15) is 14.7 Å². The van der Waals surface area contributed by atoms with Gasteiger partial charge < -0.3 is 25.6 Å². The number of aliphatic hydroxyl groups is 1. The van der Waals surface area contributed by atoms with Crippen LogP contribution in [-0.4, -0.2) is 36.2 Å². The molecule has 0 saturated carbocycles. The van der Waals surface area contributed by atoms with Crippen LogP contribution in [0.15, 0.2) is 18.2 Å². The molecule has 6 nitrogen and oxygen atoms in total. The smallest absolute Gasteiger partial charge is 0.230 e. The van der Waals surface area contributed by atoms with Crippen molar-refractivity contribution in [2.24, 2.45) is 0 Å². The summed E-state index contributed by atoms with van der Waals surface area (Å²) < 4.78 is 0. The number of hydrogen-bond donors (Lipinski definition) is 3. The molecule has 110 valence electrons. The van der Waals surface area contributed by atoms with Gasteiger partial charge in [-0.05, 0) is 18.2 Å². The molecular formula is C12H14Cl2N2O4. The molecule has 1 aromatic rings. The van der Waals surface area contributed by atoms with Crippen LogP contribution >= 0.6 is 23.2 Å². The highest BCUT2D eigenvalue weighted by Crippen LogP contribution is 2.24. The minimum atomic E-state index is -1.36. The van der Waals surface area contributed by atoms with Crippen molar-refractivity contribution in [2.75, 3.05) is 18.5 Å². The maximum Gasteiger partial charge on any atom is 0.230 e. The number of nitrogens with two attached hydrogens (primary N) is 1. The van der Waals surface area contributed by atoms with Gasteiger partial charge in [-0.3, -0.25) is 4.79 Å². The molecule has 0 aromatic heterocycles. The summed E-state index contributed by atoms with van der Waals surface area (Å²) in [5.41, 5.74) is 0.420. The van der Waals surface area contributed by atoms with E-state index in [1.54, 1.807) is 6.07 Å². The summed E-state index contributed by atoms with van der Waals surface area (Å²) in [4.78, 5) is 22.6. The van der Waals surface area contributed by atoms with Gasteiger partial charge in [0.15, 0.2) is 0 Å². The Morgan fingerprint density at radius 3 is 2.60 bits per heavy atom. The van der Waals surface area contributed by atoms with Gasteiger partial charge in [0.1, 0.15) is 6.04 Å². The van der Waals surface area contributed by atoms with E-state index in [4.69, 9.17) is 28.3 Å². The van der Waals surface area contributed by atoms with E-state index in [2.05, 4.69) is 5.32 Å². The van der Waals surface area contributed by atoms with E-state index in [1.807, 2.05) is 0 Å². The molecular weight excluding hydrogens is 307 g/mol. The van der Waals surface area contributed by atoms with Gasteiger partial charge in [0.25, 0.3) is 0 Å². The van der Waals surface area contributed by atoms with E-state index in [-0.39, 0.29) is 24.6 Å². The zero-order chi connectivity index (χ0) is 15.1. The molecule has 0 fully saturated rings. The number of aliphatic hydroxyl groups excluding tert-OH is 1. The molecule has 1 amide bonds. The van der Waals surface area contributed by atoms with Gasteiger partial charge in [-0.15, -0.1) is 0 Å². The van der Waals surface area contributed by atoms with Gasteiger partial charge in [0.05, 0.1) is 35.6 Å². The second-order valence-corrected chi connectivity index (χ2v) is 4.87. The highest BCUT2D eigenvalue weighted by atomic mass is 35.5. The summed E-state index contributed by atoms with van der Waals surface area (Å²) in [5.74, 6) is -1.85. The predicted molar refractivity (Wildman–Crippen MR) is 72.4 cm³/mol. The van der Waals surface area contributed by atoms with Crippen molar-refractivity contribution < 1.29 is 25.1 Å². The van der Waals surface area contributed by atoms with Crippen molar-refractivity contribution in [1.29, 1.82) is 0 Å². The Hall–Kier alpha value is -1.34. The molecule has 0 heterocycles. The van der Waals surface area contributed by atoms with Gasteiger partial charge in [-0.1, -0.05) is 23.2 Å². The summed E-state index contributed by atoms with van der Waals surface area (Å²) in [6.45, 7) is -0.00308. The van der Waals surface area contributed by atoms with Crippen LogP contribution in [0.1, 0.15) is 6.42 Å². The summed E-state index contributed by atoms with van der Waals surface area (Å²) in [6, 6.07) is 3.49. The monoisotopic (exact) mass is 320 g/mol. The molecule has 0 bridgehead atoms. The van der Waals surface area contributed by atoms with Crippen LogP contribution in [0.2, 0.25) is 10.0 Å². The molecule has 0 saturated heterocycles. The lowest BCUT2D eigenvalue weighted by atomic mass is 10.2. The summed E-state index contributed by atoms with van der Waals surface area (Å²) >= 11 is 11.5. The van der Waals surface area contributed by atoms with Gasteiger partial charge in [-0.2, -0.15) is 0 Å². The number of carboxylic acid groups (broad SMARTS) is 1. The standard InChI is InChI=1S/C12H14Cl2N2O4/c13-8-2-1-7(5-9(8)14)16-11(18)6-10(12(19)20)15-3-4-17/h1-2,5,10,15,17H,3-4,6H2,(H,16,18)(H,19,20)/t10-/m1/s1. The third kappa shape index (κ3) is 5.34. The fourth-order valence-corrected chi connectivity index (χ4v) is 1.82. The van der Waals surface area contributed by atoms with Gasteiger partial charge in [0, 0.05) is 5.69 Å². The topological polar surface area (TPSA) is 106 Å². The lowest BCUT2D eigenvalue weighted by Gasteiger charge is -2.15. The van der Waals surface area contributed by atoms with Crippen molar-refractivity contribution >= 4 is 40.8 Å². The number of hydrogen-bond acceptors (Lipinski definition) is 4. The van der Waals surface area contributed by atoms with Crippen LogP contribution in [-0.2, 0) is 9.59 Å². The first-order valence-electron chi connectivity index (χ1n) is 5.84. The number of carboxylic acids is 1. The third-order valence-corrected chi connectivity index (χ3v) is 3.23. The first kappa shape index (κ1) is 16.7. The Morgan fingerprint density at radius 1 is 1.35 bits per heavy atom. The summed E-state index contributed by atoms with van der Waals surface area (Å²) in [5, 5.41) is 24.0. The van der Waals surface area contributed by atoms with Crippen LogP contribution < -0.4 is 15.7 Å². The molecule has 8 heteroatoms. The second-order valence-electron chi connectivity index (χ2n) is 4.05. The zero-order valence-corrected chi connectivity index (χ0v) is 11.9. The molecule has 20 heavy (non-hydrogen) atoms. The van der Waals surface area contributed by atoms with Crippen molar-refractivity contribution in [3.05, 3.63) is 28.2 Å². The van der Waals surface area contributed by atoms with E-state index < -0.39 is 17.9 Å². The Labute approximate surface area is 125 Å². The number of aliphatic carboxylic acids is 1. The molecule has 0 radical (unpaired) electrons. The minimum Gasteiger partial charge on any atom is -0.544 e. The van der Waals surface area contributed by atoms with Crippen molar-refractivity contribution in [2.45, 2.75) is 12.5 Å². The van der Waals surface area contributed by atoms with Crippen LogP contribution in [0.5, 0.6) is 0 Å². The Morgan fingerprint density at radius 2 is 2.05 bits per heavy atom. The average Bonchev–Trinajstić information content (AvgIpc) is 2.38. The maximum absolute atomic E-state index is 11.7. The highest BCUT2D eigenvalue weighted by molar-refractivity contribution is 6.42. The SMILES string of the molecule is O=C(C[C@@H]([NH2+]CCO)C(=O)[O-])Nc1ccc(Cl)c(Cl)c1. The maximum atomic E-state index is 11.7. The quantitative estimate of drug-likeness (QED) is 0.599. The third-order valence-electron chi connectivity index (χ3n) is 2.49. The second kappa shape index (κ2) is 8.06. The predicted octanol–water partition coefficient (Wildman–Crippen LogP) is -1.00. The summed E-state index contributed by atoms with van der Waals surface area (Å²) in [6.07, 6.45) is -0.275. The number of amides is 1. The van der Waals surface area contributed by atoms with E-state index in [0.29, 0.717) is 10.7 Å². The first-order valence-corrected chi connectivity index (χ1v) is 6.59. The number of carbonyl (C=O) groups is 2. The minimum absolute atomic E-state index is 0.179. The van der Waals surface area contributed by atoms with E-state index in [1.165, 1.54) is 17.4 Å². The van der Waals surface area contributed by atoms with E-state index in [0.717, 1.165) is 0 Å². The molecule has 1 aromatic carbocycles. The number of nitrogens with one attached hydrogen (secondary N) is 1. The molecule has 0 aliphatic carbocycles. The van der Waals surface area contributed by atoms with Gasteiger partial charge in [-0.25, -0.2) is 0 Å². The van der Waals surface area contributed by atoms with Crippen LogP contribution in [0.3, 0.4) is 0 Å². The van der Waals surface area contributed by atoms with Crippen LogP contribution in [0.25, 0.3) is 0 Å². The first-order chi connectivity index (χ1) is 9.43. The van der Waals surface area contributed by atoms with Crippen molar-refractivity contribution in [3.63, 3.8) is 0 Å². The fourth-order valence-electron chi connectivity index (χ4n) is 1.52. The number of halogens is 2. The molecule has 0 spiro atoms. The van der Waals surface area contributed by atoms with E-state index >= 15 is 0 Å². The number of carbonyl (C=O) groups excluding carboxylic acids is 2. The lowest BCUT2D eigenvalue weighted by molar-refractivity contribution is -0.683. The van der Waals surface area contributed by atoms with Crippen LogP contribution in [0, 0.1) is 0 Å². The number of benzene rings is 1. The Balaban J connectivity index is 2.60. The average molecular weight is 321 g/mol. The number of rotatable bonds is 7.